The molecule has 2 aromatic rings. The van der Waals surface area contributed by atoms with Crippen LogP contribution in [-0.4, -0.2) is 9.97 Å². The molecule has 3 nitrogen and oxygen atoms in total. The lowest BCUT2D eigenvalue weighted by atomic mass is 9.91. The molecule has 0 aliphatic rings. The summed E-state index contributed by atoms with van der Waals surface area (Å²) < 4.78 is 0.792. The number of hydrogen-bond acceptors (Lipinski definition) is 3. The number of halogens is 1. The van der Waals surface area contributed by atoms with E-state index in [9.17, 15) is 0 Å². The third-order valence-corrected chi connectivity index (χ3v) is 4.45. The van der Waals surface area contributed by atoms with Crippen molar-refractivity contribution < 1.29 is 0 Å². The number of rotatable bonds is 1. The van der Waals surface area contributed by atoms with Crippen LogP contribution < -0.4 is 5.73 Å². The molecule has 112 valence electrons. The fourth-order valence-electron chi connectivity index (χ4n) is 2.28. The zero-order valence-corrected chi connectivity index (χ0v) is 15.1. The summed E-state index contributed by atoms with van der Waals surface area (Å²) in [6.07, 6.45) is 0. The Morgan fingerprint density at radius 3 is 2.10 bits per heavy atom. The first kappa shape index (κ1) is 16.0. The lowest BCUT2D eigenvalue weighted by molar-refractivity contribution is 0.564. The lowest BCUT2D eigenvalue weighted by Gasteiger charge is -2.21. The molecule has 21 heavy (non-hydrogen) atoms. The molecular formula is C17H22BrN3. The van der Waals surface area contributed by atoms with Crippen molar-refractivity contribution in [2.75, 3.05) is 5.73 Å². The first-order valence-electron chi connectivity index (χ1n) is 7.03. The Morgan fingerprint density at radius 1 is 0.952 bits per heavy atom. The van der Waals surface area contributed by atoms with Crippen molar-refractivity contribution in [2.24, 2.45) is 0 Å². The highest BCUT2D eigenvalue weighted by molar-refractivity contribution is 9.10. The van der Waals surface area contributed by atoms with Gasteiger partial charge >= 0.3 is 0 Å². The second-order valence-corrected chi connectivity index (χ2v) is 7.39. The van der Waals surface area contributed by atoms with Gasteiger partial charge in [0, 0.05) is 11.0 Å². The molecule has 1 heterocycles. The largest absolute Gasteiger partial charge is 0.383 e. The van der Waals surface area contributed by atoms with Crippen LogP contribution in [0.15, 0.2) is 16.6 Å². The number of aromatic nitrogens is 2. The standard InChI is InChI=1S/C17H22BrN3/c1-9-7-11(3)12(8-10(9)2)16-20-14(17(4,5)6)13(18)15(19)21-16/h7-8H,1-6H3,(H2,19,20,21). The lowest BCUT2D eigenvalue weighted by Crippen LogP contribution is -2.17. The fraction of sp³-hybridized carbons (Fsp3) is 0.412. The minimum absolute atomic E-state index is 0.0989. The summed E-state index contributed by atoms with van der Waals surface area (Å²) >= 11 is 3.52. The van der Waals surface area contributed by atoms with Gasteiger partial charge in [-0.15, -0.1) is 0 Å². The molecule has 0 amide bonds. The van der Waals surface area contributed by atoms with Crippen LogP contribution in [0.1, 0.15) is 43.2 Å². The Labute approximate surface area is 135 Å². The molecule has 0 radical (unpaired) electrons. The van der Waals surface area contributed by atoms with E-state index in [1.807, 2.05) is 0 Å². The Balaban J connectivity index is 2.71. The molecule has 0 saturated heterocycles. The summed E-state index contributed by atoms with van der Waals surface area (Å²) in [5.74, 6) is 1.18. The third kappa shape index (κ3) is 3.10. The van der Waals surface area contributed by atoms with Gasteiger partial charge in [0.2, 0.25) is 0 Å². The van der Waals surface area contributed by atoms with Crippen LogP contribution in [0, 0.1) is 20.8 Å². The van der Waals surface area contributed by atoms with Gasteiger partial charge < -0.3 is 5.73 Å². The van der Waals surface area contributed by atoms with E-state index < -0.39 is 0 Å². The van der Waals surface area contributed by atoms with Crippen LogP contribution in [0.25, 0.3) is 11.4 Å². The molecule has 0 saturated carbocycles. The molecule has 2 rings (SSSR count). The predicted molar refractivity (Wildman–Crippen MR) is 92.5 cm³/mol. The minimum Gasteiger partial charge on any atom is -0.383 e. The van der Waals surface area contributed by atoms with Gasteiger partial charge in [-0.05, 0) is 59.5 Å². The van der Waals surface area contributed by atoms with Crippen molar-refractivity contribution in [2.45, 2.75) is 47.0 Å². The highest BCUT2D eigenvalue weighted by Gasteiger charge is 2.23. The Hall–Kier alpha value is -1.42. The first-order valence-corrected chi connectivity index (χ1v) is 7.82. The van der Waals surface area contributed by atoms with Crippen LogP contribution in [0.3, 0.4) is 0 Å². The number of anilines is 1. The molecule has 0 aliphatic heterocycles. The Bertz CT molecular complexity index is 700. The molecule has 0 atom stereocenters. The maximum absolute atomic E-state index is 6.08. The van der Waals surface area contributed by atoms with Crippen LogP contribution in [-0.2, 0) is 5.41 Å². The van der Waals surface area contributed by atoms with E-state index >= 15 is 0 Å². The normalized spacial score (nSPS) is 11.8. The van der Waals surface area contributed by atoms with Crippen molar-refractivity contribution >= 4 is 21.7 Å². The summed E-state index contributed by atoms with van der Waals surface area (Å²) in [5.41, 5.74) is 11.6. The van der Waals surface area contributed by atoms with Gasteiger partial charge in [-0.25, -0.2) is 9.97 Å². The molecule has 0 fully saturated rings. The highest BCUT2D eigenvalue weighted by Crippen LogP contribution is 2.34. The molecule has 1 aromatic carbocycles. The highest BCUT2D eigenvalue weighted by atomic mass is 79.9. The second kappa shape index (κ2) is 5.41. The topological polar surface area (TPSA) is 51.8 Å². The minimum atomic E-state index is -0.0989. The van der Waals surface area contributed by atoms with Crippen LogP contribution >= 0.6 is 15.9 Å². The number of nitrogens with zero attached hydrogens (tertiary/aromatic N) is 2. The first-order chi connectivity index (χ1) is 9.61. The van der Waals surface area contributed by atoms with E-state index in [1.54, 1.807) is 0 Å². The number of nitrogens with two attached hydrogens (primary N) is 1. The van der Waals surface area contributed by atoms with Gasteiger partial charge in [-0.3, -0.25) is 0 Å². The number of hydrogen-bond donors (Lipinski definition) is 1. The molecular weight excluding hydrogens is 326 g/mol. The summed E-state index contributed by atoms with van der Waals surface area (Å²) in [7, 11) is 0. The van der Waals surface area contributed by atoms with Crippen molar-refractivity contribution in [1.82, 2.24) is 9.97 Å². The Morgan fingerprint density at radius 2 is 1.52 bits per heavy atom. The van der Waals surface area contributed by atoms with Crippen LogP contribution in [0.2, 0.25) is 0 Å². The second-order valence-electron chi connectivity index (χ2n) is 6.60. The van der Waals surface area contributed by atoms with E-state index in [-0.39, 0.29) is 5.41 Å². The quantitative estimate of drug-likeness (QED) is 0.812. The van der Waals surface area contributed by atoms with Gasteiger partial charge in [-0.1, -0.05) is 26.8 Å². The fourth-order valence-corrected chi connectivity index (χ4v) is 3.06. The van der Waals surface area contributed by atoms with Crippen molar-refractivity contribution in [3.05, 3.63) is 39.0 Å². The number of nitrogen functional groups attached to an aromatic ring is 1. The molecule has 0 spiro atoms. The number of benzene rings is 1. The van der Waals surface area contributed by atoms with E-state index in [4.69, 9.17) is 10.7 Å². The van der Waals surface area contributed by atoms with Gasteiger partial charge in [-0.2, -0.15) is 0 Å². The molecule has 2 N–H and O–H groups in total. The molecule has 0 unspecified atom stereocenters. The zero-order valence-electron chi connectivity index (χ0n) is 13.5. The van der Waals surface area contributed by atoms with Crippen molar-refractivity contribution in [3.63, 3.8) is 0 Å². The van der Waals surface area contributed by atoms with Crippen molar-refractivity contribution in [3.8, 4) is 11.4 Å². The summed E-state index contributed by atoms with van der Waals surface area (Å²) in [4.78, 5) is 9.24. The summed E-state index contributed by atoms with van der Waals surface area (Å²) in [6, 6.07) is 4.31. The maximum atomic E-state index is 6.08. The van der Waals surface area contributed by atoms with E-state index in [0.717, 1.165) is 15.7 Å². The Kier molecular flexibility index (Phi) is 4.11. The van der Waals surface area contributed by atoms with Crippen LogP contribution in [0.4, 0.5) is 5.82 Å². The van der Waals surface area contributed by atoms with E-state index in [1.165, 1.54) is 16.7 Å². The zero-order chi connectivity index (χ0) is 15.9. The smallest absolute Gasteiger partial charge is 0.162 e. The molecule has 4 heteroatoms. The van der Waals surface area contributed by atoms with E-state index in [0.29, 0.717) is 11.6 Å². The predicted octanol–water partition coefficient (Wildman–Crippen LogP) is 4.71. The van der Waals surface area contributed by atoms with Crippen LogP contribution in [0.5, 0.6) is 0 Å². The van der Waals surface area contributed by atoms with Gasteiger partial charge in [0.05, 0.1) is 10.2 Å². The SMILES string of the molecule is Cc1cc(C)c(-c2nc(N)c(Br)c(C(C)(C)C)n2)cc1C. The monoisotopic (exact) mass is 347 g/mol. The summed E-state index contributed by atoms with van der Waals surface area (Å²) in [6.45, 7) is 12.7. The molecule has 0 bridgehead atoms. The molecule has 1 aromatic heterocycles. The number of aryl methyl sites for hydroxylation is 3. The average molecular weight is 348 g/mol. The maximum Gasteiger partial charge on any atom is 0.162 e. The third-order valence-electron chi connectivity index (χ3n) is 3.67. The average Bonchev–Trinajstić information content (AvgIpc) is 2.35. The van der Waals surface area contributed by atoms with Gasteiger partial charge in [0.1, 0.15) is 5.82 Å². The van der Waals surface area contributed by atoms with Gasteiger partial charge in [0.25, 0.3) is 0 Å². The van der Waals surface area contributed by atoms with Crippen molar-refractivity contribution in [1.29, 1.82) is 0 Å². The van der Waals surface area contributed by atoms with Gasteiger partial charge in [0.15, 0.2) is 5.82 Å². The molecule has 0 aliphatic carbocycles. The van der Waals surface area contributed by atoms with E-state index in [2.05, 4.69) is 74.6 Å². The summed E-state index contributed by atoms with van der Waals surface area (Å²) in [5, 5.41) is 0.